The highest BCUT2D eigenvalue weighted by atomic mass is 19.4. The number of hydrogen-bond acceptors (Lipinski definition) is 5. The Morgan fingerprint density at radius 3 is 2.58 bits per heavy atom. The van der Waals surface area contributed by atoms with Gasteiger partial charge in [0, 0.05) is 37.9 Å². The normalized spacial score (nSPS) is 15.2. The van der Waals surface area contributed by atoms with Crippen molar-refractivity contribution in [3.8, 4) is 11.3 Å². The summed E-state index contributed by atoms with van der Waals surface area (Å²) in [7, 11) is 1.96. The Morgan fingerprint density at radius 2 is 1.90 bits per heavy atom. The SMILES string of the molecule is CN(c1cccnn1)C1CCN(C(=O)c2ccc(-c3cccc(C(F)(F)F)c3)o2)CC1. The number of rotatable bonds is 4. The topological polar surface area (TPSA) is 62.5 Å². The van der Waals surface area contributed by atoms with Crippen molar-refractivity contribution in [1.82, 2.24) is 15.1 Å². The second-order valence-corrected chi connectivity index (χ2v) is 7.46. The van der Waals surface area contributed by atoms with E-state index < -0.39 is 11.7 Å². The molecule has 9 heteroatoms. The Kier molecular flexibility index (Phi) is 5.67. The van der Waals surface area contributed by atoms with Gasteiger partial charge in [-0.1, -0.05) is 12.1 Å². The van der Waals surface area contributed by atoms with Crippen LogP contribution in [-0.2, 0) is 6.18 Å². The van der Waals surface area contributed by atoms with Crippen LogP contribution in [0.3, 0.4) is 0 Å². The van der Waals surface area contributed by atoms with Crippen LogP contribution < -0.4 is 4.90 Å². The van der Waals surface area contributed by atoms with Gasteiger partial charge in [-0.05, 0) is 49.2 Å². The molecule has 0 saturated carbocycles. The first kappa shape index (κ1) is 20.9. The molecule has 0 aliphatic carbocycles. The molecule has 0 bridgehead atoms. The minimum Gasteiger partial charge on any atom is -0.451 e. The average molecular weight is 430 g/mol. The second-order valence-electron chi connectivity index (χ2n) is 7.46. The summed E-state index contributed by atoms with van der Waals surface area (Å²) in [6, 6.07) is 11.8. The highest BCUT2D eigenvalue weighted by Crippen LogP contribution is 2.33. The number of furan rings is 1. The Labute approximate surface area is 177 Å². The molecule has 0 unspecified atom stereocenters. The molecule has 3 aromatic rings. The Morgan fingerprint density at radius 1 is 1.13 bits per heavy atom. The van der Waals surface area contributed by atoms with E-state index in [0.717, 1.165) is 30.8 Å². The molecule has 4 rings (SSSR count). The van der Waals surface area contributed by atoms with Gasteiger partial charge in [0.05, 0.1) is 5.56 Å². The number of hydrogen-bond donors (Lipinski definition) is 0. The van der Waals surface area contributed by atoms with Crippen LogP contribution in [0.15, 0.2) is 59.1 Å². The van der Waals surface area contributed by atoms with Gasteiger partial charge >= 0.3 is 6.18 Å². The number of piperidine rings is 1. The van der Waals surface area contributed by atoms with E-state index in [1.807, 2.05) is 19.2 Å². The lowest BCUT2D eigenvalue weighted by atomic mass is 10.0. The van der Waals surface area contributed by atoms with Crippen LogP contribution in [0.4, 0.5) is 19.0 Å². The van der Waals surface area contributed by atoms with Gasteiger partial charge in [0.25, 0.3) is 5.91 Å². The summed E-state index contributed by atoms with van der Waals surface area (Å²) in [6.07, 6.45) is -1.29. The third-order valence-electron chi connectivity index (χ3n) is 5.51. The summed E-state index contributed by atoms with van der Waals surface area (Å²) in [6.45, 7) is 1.10. The van der Waals surface area contributed by atoms with Crippen molar-refractivity contribution in [3.05, 3.63) is 66.1 Å². The van der Waals surface area contributed by atoms with Gasteiger partial charge in [-0.15, -0.1) is 5.10 Å². The molecule has 0 radical (unpaired) electrons. The first-order chi connectivity index (χ1) is 14.8. The minimum absolute atomic E-state index is 0.119. The predicted molar refractivity (Wildman–Crippen MR) is 109 cm³/mol. The van der Waals surface area contributed by atoms with Crippen molar-refractivity contribution in [2.24, 2.45) is 0 Å². The quantitative estimate of drug-likeness (QED) is 0.610. The zero-order valence-corrected chi connectivity index (χ0v) is 16.8. The van der Waals surface area contributed by atoms with Crippen LogP contribution in [0.2, 0.25) is 0 Å². The molecule has 3 heterocycles. The number of aromatic nitrogens is 2. The molecule has 0 atom stereocenters. The van der Waals surface area contributed by atoms with Crippen molar-refractivity contribution in [1.29, 1.82) is 0 Å². The number of amides is 1. The molecule has 162 valence electrons. The largest absolute Gasteiger partial charge is 0.451 e. The van der Waals surface area contributed by atoms with Crippen molar-refractivity contribution in [2.75, 3.05) is 25.0 Å². The van der Waals surface area contributed by atoms with Crippen LogP contribution in [-0.4, -0.2) is 47.2 Å². The lowest BCUT2D eigenvalue weighted by molar-refractivity contribution is -0.137. The number of anilines is 1. The van der Waals surface area contributed by atoms with Gasteiger partial charge in [0.15, 0.2) is 11.6 Å². The van der Waals surface area contributed by atoms with Gasteiger partial charge in [-0.2, -0.15) is 18.3 Å². The zero-order valence-electron chi connectivity index (χ0n) is 16.8. The van der Waals surface area contributed by atoms with E-state index in [9.17, 15) is 18.0 Å². The monoisotopic (exact) mass is 430 g/mol. The third-order valence-corrected chi connectivity index (χ3v) is 5.51. The summed E-state index contributed by atoms with van der Waals surface area (Å²) in [5.41, 5.74) is -0.484. The Balaban J connectivity index is 1.41. The molecule has 0 N–H and O–H groups in total. The highest BCUT2D eigenvalue weighted by molar-refractivity contribution is 5.92. The van der Waals surface area contributed by atoms with E-state index in [4.69, 9.17) is 4.42 Å². The summed E-state index contributed by atoms with van der Waals surface area (Å²) >= 11 is 0. The first-order valence-electron chi connectivity index (χ1n) is 9.90. The number of carbonyl (C=O) groups is 1. The molecule has 6 nitrogen and oxygen atoms in total. The van der Waals surface area contributed by atoms with Crippen molar-refractivity contribution in [3.63, 3.8) is 0 Å². The van der Waals surface area contributed by atoms with E-state index in [0.29, 0.717) is 13.1 Å². The van der Waals surface area contributed by atoms with Gasteiger partial charge in [0.2, 0.25) is 0 Å². The number of carbonyl (C=O) groups excluding carboxylic acids is 1. The molecule has 2 aromatic heterocycles. The van der Waals surface area contributed by atoms with E-state index in [1.54, 1.807) is 11.1 Å². The summed E-state index contributed by atoms with van der Waals surface area (Å²) in [5, 5.41) is 8.02. The lowest BCUT2D eigenvalue weighted by Gasteiger charge is -2.36. The number of benzene rings is 1. The average Bonchev–Trinajstić information content (AvgIpc) is 3.29. The Hall–Kier alpha value is -3.36. The molecule has 1 amide bonds. The molecule has 31 heavy (non-hydrogen) atoms. The van der Waals surface area contributed by atoms with Crippen LogP contribution in [0.1, 0.15) is 29.0 Å². The number of likely N-dealkylation sites (tertiary alicyclic amines) is 1. The maximum Gasteiger partial charge on any atom is 0.416 e. The standard InChI is InChI=1S/C22H21F3N4O2/c1-28(20-6-3-11-26-27-20)17-9-12-29(13-10-17)21(30)19-8-7-18(31-19)15-4-2-5-16(14-15)22(23,24)25/h2-8,11,14,17H,9-10,12-13H2,1H3. The van der Waals surface area contributed by atoms with Gasteiger partial charge < -0.3 is 14.2 Å². The van der Waals surface area contributed by atoms with E-state index in [-0.39, 0.29) is 29.0 Å². The van der Waals surface area contributed by atoms with Crippen LogP contribution in [0, 0.1) is 0 Å². The molecular weight excluding hydrogens is 409 g/mol. The molecule has 1 aliphatic heterocycles. The van der Waals surface area contributed by atoms with Crippen molar-refractivity contribution in [2.45, 2.75) is 25.1 Å². The molecule has 1 saturated heterocycles. The van der Waals surface area contributed by atoms with Crippen molar-refractivity contribution >= 4 is 11.7 Å². The van der Waals surface area contributed by atoms with Crippen LogP contribution in [0.5, 0.6) is 0 Å². The fourth-order valence-electron chi connectivity index (χ4n) is 3.74. The molecule has 1 aromatic carbocycles. The van der Waals surface area contributed by atoms with Crippen molar-refractivity contribution < 1.29 is 22.4 Å². The fourth-order valence-corrected chi connectivity index (χ4v) is 3.74. The van der Waals surface area contributed by atoms with Gasteiger partial charge in [-0.25, -0.2) is 0 Å². The Bertz CT molecular complexity index is 1040. The number of nitrogens with zero attached hydrogens (tertiary/aromatic N) is 4. The van der Waals surface area contributed by atoms with Crippen LogP contribution in [0.25, 0.3) is 11.3 Å². The van der Waals surface area contributed by atoms with Gasteiger partial charge in [-0.3, -0.25) is 4.79 Å². The molecule has 1 aliphatic rings. The zero-order chi connectivity index (χ0) is 22.0. The maximum absolute atomic E-state index is 13.0. The molecule has 1 fully saturated rings. The maximum atomic E-state index is 13.0. The van der Waals surface area contributed by atoms with E-state index in [2.05, 4.69) is 15.1 Å². The fraction of sp³-hybridized carbons (Fsp3) is 0.318. The molecular formula is C22H21F3N4O2. The summed E-state index contributed by atoms with van der Waals surface area (Å²) < 4.78 is 44.5. The minimum atomic E-state index is -4.44. The third kappa shape index (κ3) is 4.55. The second kappa shape index (κ2) is 8.41. The lowest BCUT2D eigenvalue weighted by Crippen LogP contribution is -2.45. The van der Waals surface area contributed by atoms with Crippen LogP contribution >= 0.6 is 0 Å². The summed E-state index contributed by atoms with van der Waals surface area (Å²) in [4.78, 5) is 16.6. The number of alkyl halides is 3. The van der Waals surface area contributed by atoms with Gasteiger partial charge in [0.1, 0.15) is 5.76 Å². The number of halogens is 3. The first-order valence-corrected chi connectivity index (χ1v) is 9.90. The van der Waals surface area contributed by atoms with E-state index >= 15 is 0 Å². The highest BCUT2D eigenvalue weighted by Gasteiger charge is 2.31. The summed E-state index contributed by atoms with van der Waals surface area (Å²) in [5.74, 6) is 0.864. The molecule has 0 spiro atoms. The predicted octanol–water partition coefficient (Wildman–Crippen LogP) is 4.50. The smallest absolute Gasteiger partial charge is 0.416 e. The van der Waals surface area contributed by atoms with E-state index in [1.165, 1.54) is 24.3 Å².